The molecule has 2 aliphatic rings. The lowest BCUT2D eigenvalue weighted by Crippen LogP contribution is -2.48. The van der Waals surface area contributed by atoms with E-state index in [1.165, 1.54) is 10.8 Å². The summed E-state index contributed by atoms with van der Waals surface area (Å²) >= 11 is 1.13. The maximum atomic E-state index is 13.4. The fourth-order valence-corrected chi connectivity index (χ4v) is 5.01. The maximum absolute atomic E-state index is 13.4. The number of fused-ring (bicyclic) bond motifs is 1. The van der Waals surface area contributed by atoms with Gasteiger partial charge in [-0.05, 0) is 43.0 Å². The summed E-state index contributed by atoms with van der Waals surface area (Å²) < 4.78 is 18.4. The zero-order chi connectivity index (χ0) is 23.7. The van der Waals surface area contributed by atoms with E-state index in [0.29, 0.717) is 39.5 Å². The number of rotatable bonds is 4. The first-order valence-corrected chi connectivity index (χ1v) is 11.6. The molecule has 174 valence electrons. The molecule has 0 bridgehead atoms. The zero-order valence-electron chi connectivity index (χ0n) is 18.5. The normalized spacial score (nSPS) is 17.1. The molecule has 0 aliphatic carbocycles. The highest BCUT2D eigenvalue weighted by atomic mass is 32.1. The number of furan rings is 1. The molecule has 0 unspecified atom stereocenters. The largest absolute Gasteiger partial charge is 0.467 e. The standard InChI is InChI=1S/C24H22N4O5S/c1-26-6-8-27(9-7-26)22(29)18(13-25)24-28(14-17-3-2-10-31-17)23(30)21(34-24)12-16-4-5-19-20(11-16)33-15-32-19/h2-5,10-12H,6-9,14-15H2,1H3/b21-12-,24-18-. The van der Waals surface area contributed by atoms with Crippen LogP contribution in [0.4, 0.5) is 0 Å². The SMILES string of the molecule is CN1CCN(C(=O)/C(C#N)=c2\s/c(=C\c3ccc4c(c3)OCO4)c(=O)n2Cc2ccco2)CC1. The third-order valence-electron chi connectivity index (χ3n) is 5.83. The molecular weight excluding hydrogens is 456 g/mol. The highest BCUT2D eigenvalue weighted by molar-refractivity contribution is 7.07. The lowest BCUT2D eigenvalue weighted by molar-refractivity contribution is -0.126. The quantitative estimate of drug-likeness (QED) is 0.540. The molecule has 0 spiro atoms. The van der Waals surface area contributed by atoms with Crippen molar-refractivity contribution in [3.63, 3.8) is 0 Å². The van der Waals surface area contributed by atoms with Gasteiger partial charge in [-0.1, -0.05) is 6.07 Å². The Morgan fingerprint density at radius 3 is 2.71 bits per heavy atom. The number of hydrogen-bond donors (Lipinski definition) is 0. The summed E-state index contributed by atoms with van der Waals surface area (Å²) in [6, 6.07) is 11.0. The van der Waals surface area contributed by atoms with Crippen molar-refractivity contribution < 1.29 is 18.7 Å². The number of benzene rings is 1. The molecule has 1 aromatic carbocycles. The van der Waals surface area contributed by atoms with Crippen LogP contribution >= 0.6 is 11.3 Å². The van der Waals surface area contributed by atoms with Crippen LogP contribution in [0.5, 0.6) is 11.5 Å². The summed E-state index contributed by atoms with van der Waals surface area (Å²) in [5.74, 6) is 1.45. The lowest BCUT2D eigenvalue weighted by atomic mass is 10.2. The number of nitrogens with zero attached hydrogens (tertiary/aromatic N) is 4. The Kier molecular flexibility index (Phi) is 5.96. The van der Waals surface area contributed by atoms with Crippen LogP contribution in [0.3, 0.4) is 0 Å². The molecule has 1 amide bonds. The van der Waals surface area contributed by atoms with Gasteiger partial charge in [0.2, 0.25) is 6.79 Å². The molecule has 0 N–H and O–H groups in total. The molecule has 0 atom stereocenters. The van der Waals surface area contributed by atoms with Gasteiger partial charge in [0.1, 0.15) is 16.5 Å². The first-order chi connectivity index (χ1) is 16.5. The van der Waals surface area contributed by atoms with E-state index in [1.807, 2.05) is 13.1 Å². The van der Waals surface area contributed by atoms with Crippen molar-refractivity contribution in [1.29, 1.82) is 5.26 Å². The van der Waals surface area contributed by atoms with E-state index in [1.54, 1.807) is 35.2 Å². The minimum Gasteiger partial charge on any atom is -0.467 e. The van der Waals surface area contributed by atoms with Crippen molar-refractivity contribution in [2.24, 2.45) is 0 Å². The van der Waals surface area contributed by atoms with Gasteiger partial charge in [-0.15, -0.1) is 11.3 Å². The molecule has 4 heterocycles. The number of hydrogen-bond acceptors (Lipinski definition) is 8. The molecular formula is C24H22N4O5S. The van der Waals surface area contributed by atoms with Gasteiger partial charge in [0, 0.05) is 26.2 Å². The molecule has 3 aromatic rings. The number of ether oxygens (including phenoxy) is 2. The minimum absolute atomic E-state index is 0.0384. The van der Waals surface area contributed by atoms with Crippen LogP contribution in [0.1, 0.15) is 11.3 Å². The monoisotopic (exact) mass is 478 g/mol. The fourth-order valence-electron chi connectivity index (χ4n) is 3.92. The maximum Gasteiger partial charge on any atom is 0.269 e. The van der Waals surface area contributed by atoms with Gasteiger partial charge >= 0.3 is 0 Å². The van der Waals surface area contributed by atoms with E-state index < -0.39 is 0 Å². The Bertz CT molecular complexity index is 1440. The summed E-state index contributed by atoms with van der Waals surface area (Å²) in [5.41, 5.74) is 0.416. The molecule has 2 aromatic heterocycles. The summed E-state index contributed by atoms with van der Waals surface area (Å²) in [6.45, 7) is 2.81. The number of carbonyl (C=O) groups is 1. The summed E-state index contributed by atoms with van der Waals surface area (Å²) in [7, 11) is 2.00. The number of nitriles is 1. The van der Waals surface area contributed by atoms with E-state index in [9.17, 15) is 14.9 Å². The number of amides is 1. The Hall–Kier alpha value is -3.81. The van der Waals surface area contributed by atoms with Crippen molar-refractivity contribution in [3.8, 4) is 17.6 Å². The Morgan fingerprint density at radius 2 is 1.97 bits per heavy atom. The molecule has 9 nitrogen and oxygen atoms in total. The fraction of sp³-hybridized carbons (Fsp3) is 0.292. The second kappa shape index (κ2) is 9.21. The molecule has 5 rings (SSSR count). The third-order valence-corrected chi connectivity index (χ3v) is 6.96. The number of likely N-dealkylation sites (N-methyl/N-ethyl adjacent to an activating group) is 1. The average molecular weight is 479 g/mol. The average Bonchev–Trinajstić information content (AvgIpc) is 3.58. The van der Waals surface area contributed by atoms with Crippen LogP contribution in [-0.4, -0.2) is 60.3 Å². The van der Waals surface area contributed by atoms with Crippen LogP contribution in [0.15, 0.2) is 45.8 Å². The number of piperazine rings is 1. The molecule has 1 saturated heterocycles. The van der Waals surface area contributed by atoms with Gasteiger partial charge in [0.15, 0.2) is 17.1 Å². The minimum atomic E-state index is -0.361. The summed E-state index contributed by atoms with van der Waals surface area (Å²) in [4.78, 5) is 30.5. The van der Waals surface area contributed by atoms with Crippen LogP contribution in [0.25, 0.3) is 11.6 Å². The number of carbonyl (C=O) groups excluding carboxylic acids is 1. The Balaban J connectivity index is 1.64. The topological polar surface area (TPSA) is 101 Å². The van der Waals surface area contributed by atoms with Crippen molar-refractivity contribution in [2.45, 2.75) is 6.54 Å². The van der Waals surface area contributed by atoms with Crippen LogP contribution in [0.2, 0.25) is 0 Å². The summed E-state index contributed by atoms with van der Waals surface area (Å²) in [5, 5.41) is 9.96. The Labute approximate surface area is 198 Å². The van der Waals surface area contributed by atoms with Crippen molar-refractivity contribution in [3.05, 3.63) is 67.5 Å². The van der Waals surface area contributed by atoms with Gasteiger partial charge in [0.25, 0.3) is 11.5 Å². The van der Waals surface area contributed by atoms with Gasteiger partial charge in [-0.2, -0.15) is 5.26 Å². The van der Waals surface area contributed by atoms with Crippen molar-refractivity contribution in [1.82, 2.24) is 14.4 Å². The molecule has 0 saturated carbocycles. The smallest absolute Gasteiger partial charge is 0.269 e. The van der Waals surface area contributed by atoms with Gasteiger partial charge in [-0.25, -0.2) is 0 Å². The van der Waals surface area contributed by atoms with Gasteiger partial charge < -0.3 is 23.7 Å². The van der Waals surface area contributed by atoms with Gasteiger partial charge in [0.05, 0.1) is 17.3 Å². The molecule has 1 fully saturated rings. The lowest BCUT2D eigenvalue weighted by Gasteiger charge is -2.32. The van der Waals surface area contributed by atoms with Crippen LogP contribution in [-0.2, 0) is 11.3 Å². The van der Waals surface area contributed by atoms with E-state index in [2.05, 4.69) is 11.0 Å². The first kappa shape index (κ1) is 22.0. The molecule has 0 radical (unpaired) electrons. The third kappa shape index (κ3) is 4.23. The predicted octanol–water partition coefficient (Wildman–Crippen LogP) is 0.557. The highest BCUT2D eigenvalue weighted by Gasteiger charge is 2.25. The van der Waals surface area contributed by atoms with Crippen LogP contribution < -0.4 is 24.2 Å². The number of aromatic nitrogens is 1. The van der Waals surface area contributed by atoms with Crippen LogP contribution in [0, 0.1) is 11.3 Å². The Morgan fingerprint density at radius 1 is 1.18 bits per heavy atom. The highest BCUT2D eigenvalue weighted by Crippen LogP contribution is 2.32. The zero-order valence-corrected chi connectivity index (χ0v) is 19.3. The first-order valence-electron chi connectivity index (χ1n) is 10.8. The molecule has 2 aliphatic heterocycles. The van der Waals surface area contributed by atoms with Crippen molar-refractivity contribution in [2.75, 3.05) is 40.0 Å². The van der Waals surface area contributed by atoms with Gasteiger partial charge in [-0.3, -0.25) is 14.2 Å². The molecule has 10 heteroatoms. The second-order valence-electron chi connectivity index (χ2n) is 8.08. The molecule has 34 heavy (non-hydrogen) atoms. The summed E-state index contributed by atoms with van der Waals surface area (Å²) in [6.07, 6.45) is 3.25. The van der Waals surface area contributed by atoms with E-state index in [0.717, 1.165) is 30.0 Å². The predicted molar refractivity (Wildman–Crippen MR) is 125 cm³/mol. The van der Waals surface area contributed by atoms with E-state index >= 15 is 0 Å². The second-order valence-corrected chi connectivity index (χ2v) is 9.11. The van der Waals surface area contributed by atoms with E-state index in [4.69, 9.17) is 13.9 Å². The van der Waals surface area contributed by atoms with Crippen molar-refractivity contribution >= 4 is 28.9 Å². The number of thiazole rings is 1. The van der Waals surface area contributed by atoms with E-state index in [-0.39, 0.29) is 30.4 Å².